The number of aliphatic hydroxyl groups is 1. The number of carboxylic acid groups (broad SMARTS) is 1. The van der Waals surface area contributed by atoms with Gasteiger partial charge in [0.05, 0.1) is 6.10 Å². The van der Waals surface area contributed by atoms with Crippen molar-refractivity contribution in [3.63, 3.8) is 0 Å². The second-order valence-corrected chi connectivity index (χ2v) is 4.63. The summed E-state index contributed by atoms with van der Waals surface area (Å²) in [6.45, 7) is 4.71. The van der Waals surface area contributed by atoms with E-state index in [0.29, 0.717) is 5.75 Å². The Morgan fingerprint density at radius 3 is 2.30 bits per heavy atom. The van der Waals surface area contributed by atoms with E-state index in [9.17, 15) is 14.7 Å². The van der Waals surface area contributed by atoms with E-state index in [1.807, 2.05) is 32.0 Å². The third kappa shape index (κ3) is 4.24. The number of carbonyl (C=O) groups is 2. The zero-order valence-electron chi connectivity index (χ0n) is 11.7. The van der Waals surface area contributed by atoms with E-state index >= 15 is 0 Å². The predicted octanol–water partition coefficient (Wildman–Crippen LogP) is 0.632. The molecule has 0 saturated carbocycles. The number of para-hydroxylation sites is 1. The maximum atomic E-state index is 11.6. The highest BCUT2D eigenvalue weighted by Gasteiger charge is 2.25. The molecule has 2 unspecified atom stereocenters. The number of benzene rings is 1. The van der Waals surface area contributed by atoms with Gasteiger partial charge in [0.2, 0.25) is 0 Å². The van der Waals surface area contributed by atoms with Crippen LogP contribution in [0.4, 0.5) is 0 Å². The van der Waals surface area contributed by atoms with Crippen LogP contribution in [0.3, 0.4) is 0 Å². The number of hydrogen-bond donors (Lipinski definition) is 3. The number of aliphatic hydroxyl groups excluding tert-OH is 1. The molecule has 20 heavy (non-hydrogen) atoms. The highest BCUT2D eigenvalue weighted by atomic mass is 16.5. The Morgan fingerprint density at radius 1 is 1.30 bits per heavy atom. The first-order valence-electron chi connectivity index (χ1n) is 6.22. The summed E-state index contributed by atoms with van der Waals surface area (Å²) in [5.74, 6) is -1.28. The van der Waals surface area contributed by atoms with Crippen molar-refractivity contribution >= 4 is 11.9 Å². The summed E-state index contributed by atoms with van der Waals surface area (Å²) < 4.78 is 5.40. The smallest absolute Gasteiger partial charge is 0.328 e. The van der Waals surface area contributed by atoms with Gasteiger partial charge in [-0.25, -0.2) is 4.79 Å². The fourth-order valence-electron chi connectivity index (χ4n) is 1.77. The molecule has 1 amide bonds. The number of hydrogen-bond acceptors (Lipinski definition) is 4. The fraction of sp³-hybridized carbons (Fsp3) is 0.429. The van der Waals surface area contributed by atoms with Gasteiger partial charge in [-0.3, -0.25) is 4.79 Å². The van der Waals surface area contributed by atoms with E-state index in [0.717, 1.165) is 11.1 Å². The van der Waals surface area contributed by atoms with Gasteiger partial charge in [-0.1, -0.05) is 18.2 Å². The summed E-state index contributed by atoms with van der Waals surface area (Å²) in [6, 6.07) is 4.25. The summed E-state index contributed by atoms with van der Waals surface area (Å²) in [5, 5.41) is 20.3. The van der Waals surface area contributed by atoms with Gasteiger partial charge in [-0.05, 0) is 31.9 Å². The van der Waals surface area contributed by atoms with Gasteiger partial charge in [0.15, 0.2) is 12.6 Å². The molecule has 110 valence electrons. The number of rotatable bonds is 6. The number of carbonyl (C=O) groups excluding carboxylic acids is 1. The first-order valence-corrected chi connectivity index (χ1v) is 6.22. The fourth-order valence-corrected chi connectivity index (χ4v) is 1.77. The molecule has 6 nitrogen and oxygen atoms in total. The Balaban J connectivity index is 2.62. The minimum absolute atomic E-state index is 0.303. The van der Waals surface area contributed by atoms with Crippen LogP contribution in [0, 0.1) is 13.8 Å². The van der Waals surface area contributed by atoms with Crippen molar-refractivity contribution in [2.24, 2.45) is 0 Å². The number of aryl methyl sites for hydroxylation is 2. The molecular weight excluding hydrogens is 262 g/mol. The topological polar surface area (TPSA) is 95.9 Å². The highest BCUT2D eigenvalue weighted by molar-refractivity contribution is 5.84. The van der Waals surface area contributed by atoms with Crippen molar-refractivity contribution in [2.75, 3.05) is 6.61 Å². The maximum absolute atomic E-state index is 11.6. The molecule has 0 aliphatic rings. The van der Waals surface area contributed by atoms with Gasteiger partial charge in [0.25, 0.3) is 5.91 Å². The molecule has 3 N–H and O–H groups in total. The lowest BCUT2D eigenvalue weighted by Gasteiger charge is -2.17. The van der Waals surface area contributed by atoms with E-state index < -0.39 is 24.0 Å². The monoisotopic (exact) mass is 281 g/mol. The van der Waals surface area contributed by atoms with Gasteiger partial charge in [-0.2, -0.15) is 0 Å². The Hall–Kier alpha value is -2.08. The molecule has 0 fully saturated rings. The molecular formula is C14H19NO5. The average molecular weight is 281 g/mol. The van der Waals surface area contributed by atoms with E-state index in [1.165, 1.54) is 6.92 Å². The van der Waals surface area contributed by atoms with Gasteiger partial charge in [-0.15, -0.1) is 0 Å². The van der Waals surface area contributed by atoms with E-state index in [-0.39, 0.29) is 6.61 Å². The summed E-state index contributed by atoms with van der Waals surface area (Å²) in [5.41, 5.74) is 1.78. The number of carboxylic acids is 1. The zero-order valence-corrected chi connectivity index (χ0v) is 11.7. The van der Waals surface area contributed by atoms with Crippen LogP contribution in [0.5, 0.6) is 5.75 Å². The Morgan fingerprint density at radius 2 is 1.85 bits per heavy atom. The van der Waals surface area contributed by atoms with Crippen LogP contribution in [0.1, 0.15) is 18.1 Å². The lowest BCUT2D eigenvalue weighted by atomic mass is 10.1. The van der Waals surface area contributed by atoms with Crippen molar-refractivity contribution < 1.29 is 24.5 Å². The SMILES string of the molecule is Cc1cccc(C)c1OCC(=O)NC(C(=O)O)C(C)O. The summed E-state index contributed by atoms with van der Waals surface area (Å²) in [4.78, 5) is 22.5. The van der Waals surface area contributed by atoms with Crippen LogP contribution in [0.25, 0.3) is 0 Å². The third-order valence-electron chi connectivity index (χ3n) is 2.82. The van der Waals surface area contributed by atoms with Gasteiger partial charge >= 0.3 is 5.97 Å². The Labute approximate surface area is 117 Å². The van der Waals surface area contributed by atoms with Crippen molar-refractivity contribution in [3.05, 3.63) is 29.3 Å². The normalized spacial score (nSPS) is 13.4. The molecule has 2 atom stereocenters. The standard InChI is InChI=1S/C14H19NO5/c1-8-5-4-6-9(2)13(8)20-7-11(17)15-12(10(3)16)14(18)19/h4-6,10,12,16H,7H2,1-3H3,(H,15,17)(H,18,19). The molecule has 0 radical (unpaired) electrons. The average Bonchev–Trinajstić information content (AvgIpc) is 2.34. The Kier molecular flexibility index (Phi) is 5.52. The molecule has 0 heterocycles. The number of ether oxygens (including phenoxy) is 1. The van der Waals surface area contributed by atoms with Crippen LogP contribution in [0.2, 0.25) is 0 Å². The molecule has 1 aromatic rings. The molecule has 0 aliphatic carbocycles. The zero-order chi connectivity index (χ0) is 15.3. The number of amides is 1. The van der Waals surface area contributed by atoms with Gasteiger partial charge < -0.3 is 20.3 Å². The molecule has 0 saturated heterocycles. The van der Waals surface area contributed by atoms with Gasteiger partial charge in [0.1, 0.15) is 5.75 Å². The molecule has 0 aromatic heterocycles. The van der Waals surface area contributed by atoms with Crippen LogP contribution in [-0.2, 0) is 9.59 Å². The van der Waals surface area contributed by atoms with E-state index in [1.54, 1.807) is 0 Å². The minimum atomic E-state index is -1.34. The van der Waals surface area contributed by atoms with Crippen LogP contribution < -0.4 is 10.1 Å². The number of nitrogens with one attached hydrogen (secondary N) is 1. The largest absolute Gasteiger partial charge is 0.483 e. The second-order valence-electron chi connectivity index (χ2n) is 4.63. The predicted molar refractivity (Wildman–Crippen MR) is 72.7 cm³/mol. The quantitative estimate of drug-likeness (QED) is 0.711. The highest BCUT2D eigenvalue weighted by Crippen LogP contribution is 2.21. The molecule has 0 aliphatic heterocycles. The van der Waals surface area contributed by atoms with Gasteiger partial charge in [0, 0.05) is 0 Å². The van der Waals surface area contributed by atoms with Crippen molar-refractivity contribution in [1.82, 2.24) is 5.32 Å². The van der Waals surface area contributed by atoms with Crippen LogP contribution in [-0.4, -0.2) is 40.8 Å². The van der Waals surface area contributed by atoms with Crippen LogP contribution >= 0.6 is 0 Å². The Bertz CT molecular complexity index is 478. The molecule has 1 rings (SSSR count). The molecule has 1 aromatic carbocycles. The van der Waals surface area contributed by atoms with Crippen molar-refractivity contribution in [2.45, 2.75) is 32.9 Å². The lowest BCUT2D eigenvalue weighted by Crippen LogP contribution is -2.49. The summed E-state index contributed by atoms with van der Waals surface area (Å²) >= 11 is 0. The second kappa shape index (κ2) is 6.91. The number of aliphatic carboxylic acids is 1. The first kappa shape index (κ1) is 16.0. The van der Waals surface area contributed by atoms with E-state index in [4.69, 9.17) is 9.84 Å². The molecule has 0 bridgehead atoms. The molecule has 0 spiro atoms. The lowest BCUT2D eigenvalue weighted by molar-refractivity contribution is -0.145. The minimum Gasteiger partial charge on any atom is -0.483 e. The van der Waals surface area contributed by atoms with Crippen molar-refractivity contribution in [3.8, 4) is 5.75 Å². The van der Waals surface area contributed by atoms with Crippen LogP contribution in [0.15, 0.2) is 18.2 Å². The summed E-state index contributed by atoms with van der Waals surface area (Å²) in [6.07, 6.45) is -1.18. The van der Waals surface area contributed by atoms with E-state index in [2.05, 4.69) is 5.32 Å². The molecule has 6 heteroatoms. The van der Waals surface area contributed by atoms with Crippen molar-refractivity contribution in [1.29, 1.82) is 0 Å². The third-order valence-corrected chi connectivity index (χ3v) is 2.82. The maximum Gasteiger partial charge on any atom is 0.328 e. The summed E-state index contributed by atoms with van der Waals surface area (Å²) in [7, 11) is 0. The first-order chi connectivity index (χ1) is 9.32.